The molecule has 1 aliphatic rings. The van der Waals surface area contributed by atoms with E-state index >= 15 is 0 Å². The van der Waals surface area contributed by atoms with Crippen molar-refractivity contribution in [2.24, 2.45) is 0 Å². The van der Waals surface area contributed by atoms with Crippen LogP contribution in [0.25, 0.3) is 0 Å². The number of piperazine rings is 1. The van der Waals surface area contributed by atoms with E-state index in [-0.39, 0.29) is 18.3 Å². The van der Waals surface area contributed by atoms with E-state index in [2.05, 4.69) is 15.9 Å². The van der Waals surface area contributed by atoms with Crippen molar-refractivity contribution in [3.8, 4) is 5.75 Å². The molecule has 5 nitrogen and oxygen atoms in total. The molecule has 0 saturated carbocycles. The number of benzene rings is 2. The van der Waals surface area contributed by atoms with Gasteiger partial charge in [0.15, 0.2) is 0 Å². The molecule has 27 heavy (non-hydrogen) atoms. The molecular weight excluding hydrogens is 345 g/mol. The quantitative estimate of drug-likeness (QED) is 0.782. The summed E-state index contributed by atoms with van der Waals surface area (Å²) in [5.41, 5.74) is 1.62. The van der Waals surface area contributed by atoms with Crippen LogP contribution in [-0.4, -0.2) is 62.6 Å². The first-order valence-electron chi connectivity index (χ1n) is 9.16. The maximum Gasteiger partial charge on any atom is 0.236 e. The van der Waals surface area contributed by atoms with E-state index in [1.165, 1.54) is 6.07 Å². The molecule has 0 aliphatic carbocycles. The highest BCUT2D eigenvalue weighted by atomic mass is 19.1. The molecule has 0 unspecified atom stereocenters. The van der Waals surface area contributed by atoms with Crippen LogP contribution in [0.1, 0.15) is 5.56 Å². The zero-order valence-corrected chi connectivity index (χ0v) is 15.9. The summed E-state index contributed by atoms with van der Waals surface area (Å²) in [4.78, 5) is 18.5. The first kappa shape index (κ1) is 19.2. The predicted octanol–water partition coefficient (Wildman–Crippen LogP) is 2.61. The van der Waals surface area contributed by atoms with Crippen LogP contribution in [0, 0.1) is 5.82 Å². The molecule has 1 amide bonds. The Bertz CT molecular complexity index is 776. The van der Waals surface area contributed by atoms with Gasteiger partial charge >= 0.3 is 0 Å². The van der Waals surface area contributed by atoms with Crippen LogP contribution < -0.4 is 9.64 Å². The van der Waals surface area contributed by atoms with E-state index in [0.29, 0.717) is 12.1 Å². The third-order valence-electron chi connectivity index (χ3n) is 4.95. The molecule has 3 rings (SSSR count). The van der Waals surface area contributed by atoms with Gasteiger partial charge in [0.1, 0.15) is 11.6 Å². The average molecular weight is 371 g/mol. The summed E-state index contributed by atoms with van der Waals surface area (Å²) in [6.07, 6.45) is 0. The lowest BCUT2D eigenvalue weighted by atomic mass is 10.2. The summed E-state index contributed by atoms with van der Waals surface area (Å²) < 4.78 is 19.2. The number of methoxy groups -OCH3 is 1. The second-order valence-corrected chi connectivity index (χ2v) is 6.78. The predicted molar refractivity (Wildman–Crippen MR) is 105 cm³/mol. The molecule has 0 radical (unpaired) electrons. The Morgan fingerprint density at radius 1 is 1.07 bits per heavy atom. The van der Waals surface area contributed by atoms with Crippen LogP contribution in [0.2, 0.25) is 0 Å². The maximum absolute atomic E-state index is 13.8. The summed E-state index contributed by atoms with van der Waals surface area (Å²) in [7, 11) is 3.40. The van der Waals surface area contributed by atoms with Gasteiger partial charge in [0.05, 0.1) is 19.3 Å². The van der Waals surface area contributed by atoms with Gasteiger partial charge in [-0.1, -0.05) is 30.3 Å². The number of carbonyl (C=O) groups is 1. The first-order chi connectivity index (χ1) is 13.1. The summed E-state index contributed by atoms with van der Waals surface area (Å²) in [6, 6.07) is 14.6. The molecule has 1 fully saturated rings. The normalized spacial score (nSPS) is 14.9. The summed E-state index contributed by atoms with van der Waals surface area (Å²) >= 11 is 0. The molecular formula is C21H26FN3O2. The van der Waals surface area contributed by atoms with Crippen LogP contribution >= 0.6 is 0 Å². The number of ether oxygens (including phenoxy) is 1. The van der Waals surface area contributed by atoms with Crippen molar-refractivity contribution in [1.82, 2.24) is 9.80 Å². The number of nitrogens with zero attached hydrogens (tertiary/aromatic N) is 3. The van der Waals surface area contributed by atoms with Crippen molar-refractivity contribution in [2.75, 3.05) is 51.8 Å². The molecule has 1 heterocycles. The van der Waals surface area contributed by atoms with Crippen molar-refractivity contribution >= 4 is 11.6 Å². The van der Waals surface area contributed by atoms with Gasteiger partial charge in [-0.05, 0) is 18.2 Å². The van der Waals surface area contributed by atoms with E-state index in [4.69, 9.17) is 4.74 Å². The highest BCUT2D eigenvalue weighted by Crippen LogP contribution is 2.28. The van der Waals surface area contributed by atoms with Gasteiger partial charge in [0.25, 0.3) is 0 Å². The number of hydrogen-bond acceptors (Lipinski definition) is 4. The number of likely N-dealkylation sites (N-methyl/N-ethyl adjacent to an activating group) is 1. The summed E-state index contributed by atoms with van der Waals surface area (Å²) in [5.74, 6) is 0.596. The fourth-order valence-electron chi connectivity index (χ4n) is 3.32. The van der Waals surface area contributed by atoms with Crippen LogP contribution in [0.4, 0.5) is 10.1 Å². The van der Waals surface area contributed by atoms with Crippen LogP contribution in [0.5, 0.6) is 5.75 Å². The van der Waals surface area contributed by atoms with Crippen molar-refractivity contribution in [2.45, 2.75) is 6.54 Å². The lowest BCUT2D eigenvalue weighted by Crippen LogP contribution is -2.49. The van der Waals surface area contributed by atoms with Crippen molar-refractivity contribution in [3.05, 3.63) is 59.9 Å². The smallest absolute Gasteiger partial charge is 0.236 e. The zero-order chi connectivity index (χ0) is 19.2. The molecule has 0 aromatic heterocycles. The molecule has 6 heteroatoms. The Morgan fingerprint density at radius 2 is 1.74 bits per heavy atom. The van der Waals surface area contributed by atoms with Gasteiger partial charge in [-0.25, -0.2) is 4.39 Å². The first-order valence-corrected chi connectivity index (χ1v) is 9.16. The number of carbonyl (C=O) groups excluding carboxylic acids is 1. The van der Waals surface area contributed by atoms with Crippen molar-refractivity contribution in [3.63, 3.8) is 0 Å². The molecule has 0 bridgehead atoms. The Labute approximate surface area is 159 Å². The number of halogens is 1. The van der Waals surface area contributed by atoms with Crippen LogP contribution in [0.3, 0.4) is 0 Å². The Morgan fingerprint density at radius 3 is 2.44 bits per heavy atom. The SMILES string of the molecule is COc1ccccc1N1CCN(CC(=O)N(C)Cc2ccccc2F)CC1. The second-order valence-electron chi connectivity index (χ2n) is 6.78. The lowest BCUT2D eigenvalue weighted by Gasteiger charge is -2.36. The van der Waals surface area contributed by atoms with Gasteiger partial charge in [-0.3, -0.25) is 9.69 Å². The Kier molecular flexibility index (Phi) is 6.29. The standard InChI is InChI=1S/C21H26FN3O2/c1-23(15-17-7-3-4-8-18(17)22)21(26)16-24-11-13-25(14-12-24)19-9-5-6-10-20(19)27-2/h3-10H,11-16H2,1-2H3. The molecule has 0 spiro atoms. The minimum atomic E-state index is -0.275. The topological polar surface area (TPSA) is 36.0 Å². The van der Waals surface area contributed by atoms with Gasteiger partial charge in [-0.15, -0.1) is 0 Å². The molecule has 1 aliphatic heterocycles. The van der Waals surface area contributed by atoms with Gasteiger partial charge in [0.2, 0.25) is 5.91 Å². The van der Waals surface area contributed by atoms with Crippen molar-refractivity contribution in [1.29, 1.82) is 0 Å². The molecule has 0 atom stereocenters. The summed E-state index contributed by atoms with van der Waals surface area (Å²) in [6.45, 7) is 3.92. The number of hydrogen-bond donors (Lipinski definition) is 0. The third-order valence-corrected chi connectivity index (χ3v) is 4.95. The molecule has 0 N–H and O–H groups in total. The zero-order valence-electron chi connectivity index (χ0n) is 15.9. The van der Waals surface area contributed by atoms with Crippen LogP contribution in [-0.2, 0) is 11.3 Å². The van der Waals surface area contributed by atoms with E-state index in [0.717, 1.165) is 37.6 Å². The summed E-state index contributed by atoms with van der Waals surface area (Å²) in [5, 5.41) is 0. The molecule has 144 valence electrons. The number of para-hydroxylation sites is 2. The van der Waals surface area contributed by atoms with Crippen LogP contribution in [0.15, 0.2) is 48.5 Å². The Balaban J connectivity index is 1.51. The number of amides is 1. The fraction of sp³-hybridized carbons (Fsp3) is 0.381. The Hall–Kier alpha value is -2.60. The second kappa shape index (κ2) is 8.86. The van der Waals surface area contributed by atoms with Crippen molar-refractivity contribution < 1.29 is 13.9 Å². The van der Waals surface area contributed by atoms with E-state index in [1.807, 2.05) is 18.2 Å². The highest BCUT2D eigenvalue weighted by Gasteiger charge is 2.22. The van der Waals surface area contributed by atoms with Gasteiger partial charge in [0, 0.05) is 45.3 Å². The average Bonchev–Trinajstić information content (AvgIpc) is 2.70. The monoisotopic (exact) mass is 371 g/mol. The maximum atomic E-state index is 13.8. The fourth-order valence-corrected chi connectivity index (χ4v) is 3.32. The molecule has 2 aromatic rings. The van der Waals surface area contributed by atoms with Gasteiger partial charge in [-0.2, -0.15) is 0 Å². The number of anilines is 1. The molecule has 1 saturated heterocycles. The minimum Gasteiger partial charge on any atom is -0.495 e. The largest absolute Gasteiger partial charge is 0.495 e. The number of rotatable bonds is 6. The van der Waals surface area contributed by atoms with E-state index < -0.39 is 0 Å². The minimum absolute atomic E-state index is 0.00370. The van der Waals surface area contributed by atoms with E-state index in [1.54, 1.807) is 37.3 Å². The van der Waals surface area contributed by atoms with Gasteiger partial charge < -0.3 is 14.5 Å². The highest BCUT2D eigenvalue weighted by molar-refractivity contribution is 5.78. The third kappa shape index (κ3) is 4.77. The lowest BCUT2D eigenvalue weighted by molar-refractivity contribution is -0.131. The molecule has 2 aromatic carbocycles. The van der Waals surface area contributed by atoms with E-state index in [9.17, 15) is 9.18 Å².